The van der Waals surface area contributed by atoms with Gasteiger partial charge < -0.3 is 14.9 Å². The first-order chi connectivity index (χ1) is 9.45. The maximum atomic E-state index is 11.9. The molecule has 1 fully saturated rings. The molecular formula is C11H18N6O3. The molecule has 2 heterocycles. The van der Waals surface area contributed by atoms with Gasteiger partial charge in [-0.25, -0.2) is 4.79 Å². The van der Waals surface area contributed by atoms with Crippen LogP contribution in [0.1, 0.15) is 6.42 Å². The van der Waals surface area contributed by atoms with Crippen LogP contribution in [0.2, 0.25) is 0 Å². The summed E-state index contributed by atoms with van der Waals surface area (Å²) < 4.78 is 0. The number of hydrogen-bond acceptors (Lipinski definition) is 5. The van der Waals surface area contributed by atoms with Gasteiger partial charge in [0.1, 0.15) is 6.54 Å². The number of nitrogens with zero attached hydrogens (tertiary/aromatic N) is 5. The van der Waals surface area contributed by atoms with Crippen LogP contribution < -0.4 is 5.32 Å². The van der Waals surface area contributed by atoms with Gasteiger partial charge in [0.2, 0.25) is 5.91 Å². The summed E-state index contributed by atoms with van der Waals surface area (Å²) in [5, 5.41) is 19.8. The summed E-state index contributed by atoms with van der Waals surface area (Å²) in [4.78, 5) is 27.5. The van der Waals surface area contributed by atoms with Crippen LogP contribution in [0.5, 0.6) is 0 Å². The van der Waals surface area contributed by atoms with Crippen LogP contribution >= 0.6 is 0 Å². The molecular weight excluding hydrogens is 264 g/mol. The number of nitrogens with one attached hydrogen (secondary N) is 1. The molecule has 3 amide bonds. The van der Waals surface area contributed by atoms with Crippen LogP contribution in [0.15, 0.2) is 6.20 Å². The van der Waals surface area contributed by atoms with Crippen molar-refractivity contribution in [2.75, 3.05) is 32.5 Å². The van der Waals surface area contributed by atoms with Crippen molar-refractivity contribution in [3.05, 3.63) is 6.20 Å². The van der Waals surface area contributed by atoms with Gasteiger partial charge in [0, 0.05) is 27.2 Å². The maximum absolute atomic E-state index is 11.9. The summed E-state index contributed by atoms with van der Waals surface area (Å²) in [6.07, 6.45) is 1.54. The first kappa shape index (κ1) is 14.3. The van der Waals surface area contributed by atoms with Crippen LogP contribution in [-0.2, 0) is 11.3 Å². The van der Waals surface area contributed by atoms with E-state index in [1.807, 2.05) is 0 Å². The number of carbonyl (C=O) groups is 2. The Hall–Kier alpha value is -2.16. The van der Waals surface area contributed by atoms with E-state index >= 15 is 0 Å². The molecule has 9 heteroatoms. The van der Waals surface area contributed by atoms with Crippen molar-refractivity contribution >= 4 is 17.8 Å². The quantitative estimate of drug-likeness (QED) is 0.737. The fourth-order valence-electron chi connectivity index (χ4n) is 1.84. The molecule has 0 aromatic carbocycles. The topological polar surface area (TPSA) is 104 Å². The molecule has 0 aliphatic carbocycles. The molecule has 1 saturated heterocycles. The van der Waals surface area contributed by atoms with E-state index in [0.717, 1.165) is 0 Å². The Labute approximate surface area is 116 Å². The summed E-state index contributed by atoms with van der Waals surface area (Å²) in [6.45, 7) is 0.889. The summed E-state index contributed by atoms with van der Waals surface area (Å²) in [5.41, 5.74) is 0. The zero-order valence-electron chi connectivity index (χ0n) is 11.5. The van der Waals surface area contributed by atoms with E-state index in [1.54, 1.807) is 19.0 Å². The van der Waals surface area contributed by atoms with Crippen molar-refractivity contribution in [3.63, 3.8) is 0 Å². The predicted molar refractivity (Wildman–Crippen MR) is 69.9 cm³/mol. The van der Waals surface area contributed by atoms with E-state index < -0.39 is 6.10 Å². The highest BCUT2D eigenvalue weighted by molar-refractivity contribution is 5.87. The first-order valence-electron chi connectivity index (χ1n) is 6.30. The fraction of sp³-hybridized carbons (Fsp3) is 0.636. The Morgan fingerprint density at radius 3 is 2.90 bits per heavy atom. The Morgan fingerprint density at radius 2 is 2.30 bits per heavy atom. The average molecular weight is 282 g/mol. The third-order valence-corrected chi connectivity index (χ3v) is 2.97. The standard InChI is InChI=1S/C11H18N6O3/c1-15(2)11(20)13-9-5-12-17(14-9)7-10(19)16-4-3-8(18)6-16/h5,8,18H,3-4,6-7H2,1-2H3,(H,13,14,20). The number of carbonyl (C=O) groups excluding carboxylic acids is 2. The Balaban J connectivity index is 1.89. The molecule has 0 bridgehead atoms. The molecule has 2 rings (SSSR count). The van der Waals surface area contributed by atoms with Crippen molar-refractivity contribution in [1.82, 2.24) is 24.8 Å². The largest absolute Gasteiger partial charge is 0.391 e. The van der Waals surface area contributed by atoms with Crippen LogP contribution in [0.3, 0.4) is 0 Å². The minimum Gasteiger partial charge on any atom is -0.391 e. The first-order valence-corrected chi connectivity index (χ1v) is 6.30. The number of anilines is 1. The average Bonchev–Trinajstić information content (AvgIpc) is 2.98. The van der Waals surface area contributed by atoms with Crippen molar-refractivity contribution in [2.24, 2.45) is 0 Å². The van der Waals surface area contributed by atoms with E-state index in [-0.39, 0.29) is 24.3 Å². The molecule has 1 atom stereocenters. The molecule has 20 heavy (non-hydrogen) atoms. The van der Waals surface area contributed by atoms with E-state index in [9.17, 15) is 14.7 Å². The lowest BCUT2D eigenvalue weighted by Crippen LogP contribution is -2.33. The fourth-order valence-corrected chi connectivity index (χ4v) is 1.84. The lowest BCUT2D eigenvalue weighted by atomic mass is 10.3. The van der Waals surface area contributed by atoms with Crippen LogP contribution in [0.25, 0.3) is 0 Å². The molecule has 1 unspecified atom stereocenters. The zero-order chi connectivity index (χ0) is 14.7. The van der Waals surface area contributed by atoms with Gasteiger partial charge in [0.05, 0.1) is 12.3 Å². The number of likely N-dealkylation sites (tertiary alicyclic amines) is 1. The second kappa shape index (κ2) is 5.87. The number of aromatic nitrogens is 3. The van der Waals surface area contributed by atoms with Crippen LogP contribution in [0, 0.1) is 0 Å². The summed E-state index contributed by atoms with van der Waals surface area (Å²) in [6, 6.07) is -0.314. The van der Waals surface area contributed by atoms with Crippen molar-refractivity contribution < 1.29 is 14.7 Å². The molecule has 0 spiro atoms. The van der Waals surface area contributed by atoms with Gasteiger partial charge in [-0.05, 0) is 6.42 Å². The molecule has 1 aliphatic rings. The monoisotopic (exact) mass is 282 g/mol. The van der Waals surface area contributed by atoms with Gasteiger partial charge in [0.25, 0.3) is 0 Å². The molecule has 2 N–H and O–H groups in total. The minimum atomic E-state index is -0.445. The number of hydrogen-bond donors (Lipinski definition) is 2. The molecule has 1 aromatic rings. The second-order valence-corrected chi connectivity index (χ2v) is 4.87. The third kappa shape index (κ3) is 3.44. The van der Waals surface area contributed by atoms with Crippen molar-refractivity contribution in [2.45, 2.75) is 19.1 Å². The SMILES string of the molecule is CN(C)C(=O)Nc1cnn(CC(=O)N2CCC(O)C2)n1. The molecule has 1 aromatic heterocycles. The van der Waals surface area contributed by atoms with Crippen molar-refractivity contribution in [1.29, 1.82) is 0 Å². The summed E-state index contributed by atoms with van der Waals surface area (Å²) >= 11 is 0. The Morgan fingerprint density at radius 1 is 1.55 bits per heavy atom. The molecule has 110 valence electrons. The number of aliphatic hydroxyl groups is 1. The highest BCUT2D eigenvalue weighted by Crippen LogP contribution is 2.09. The number of rotatable bonds is 3. The number of β-amino-alcohol motifs (C(OH)–C–C–N with tert-alkyl or cyclic N) is 1. The highest BCUT2D eigenvalue weighted by Gasteiger charge is 2.24. The van der Waals surface area contributed by atoms with Gasteiger partial charge in [-0.15, -0.1) is 5.10 Å². The normalized spacial score (nSPS) is 18.1. The van der Waals surface area contributed by atoms with E-state index in [1.165, 1.54) is 15.9 Å². The van der Waals surface area contributed by atoms with Gasteiger partial charge in [-0.3, -0.25) is 10.1 Å². The van der Waals surface area contributed by atoms with Gasteiger partial charge in [0.15, 0.2) is 5.82 Å². The van der Waals surface area contributed by atoms with Crippen LogP contribution in [0.4, 0.5) is 10.6 Å². The Kier molecular flexibility index (Phi) is 4.18. The Bertz CT molecular complexity index is 500. The van der Waals surface area contributed by atoms with E-state index in [4.69, 9.17) is 0 Å². The smallest absolute Gasteiger partial charge is 0.322 e. The highest BCUT2D eigenvalue weighted by atomic mass is 16.3. The number of urea groups is 1. The third-order valence-electron chi connectivity index (χ3n) is 2.97. The van der Waals surface area contributed by atoms with Gasteiger partial charge in [-0.1, -0.05) is 0 Å². The number of amides is 3. The maximum Gasteiger partial charge on any atom is 0.322 e. The summed E-state index contributed by atoms with van der Waals surface area (Å²) in [7, 11) is 3.23. The van der Waals surface area contributed by atoms with Gasteiger partial charge >= 0.3 is 6.03 Å². The lowest BCUT2D eigenvalue weighted by molar-refractivity contribution is -0.131. The second-order valence-electron chi connectivity index (χ2n) is 4.87. The van der Waals surface area contributed by atoms with Gasteiger partial charge in [-0.2, -0.15) is 9.90 Å². The molecule has 0 saturated carbocycles. The molecule has 0 radical (unpaired) electrons. The van der Waals surface area contributed by atoms with Crippen molar-refractivity contribution in [3.8, 4) is 0 Å². The number of aliphatic hydroxyl groups excluding tert-OH is 1. The zero-order valence-corrected chi connectivity index (χ0v) is 11.5. The molecule has 1 aliphatic heterocycles. The van der Waals surface area contributed by atoms with Crippen LogP contribution in [-0.4, -0.2) is 75.1 Å². The minimum absolute atomic E-state index is 0.00937. The summed E-state index contributed by atoms with van der Waals surface area (Å²) in [5.74, 6) is 0.139. The molecule has 9 nitrogen and oxygen atoms in total. The lowest BCUT2D eigenvalue weighted by Gasteiger charge is -2.14. The predicted octanol–water partition coefficient (Wildman–Crippen LogP) is -1.04. The van der Waals surface area contributed by atoms with E-state index in [2.05, 4.69) is 15.5 Å². The van der Waals surface area contributed by atoms with E-state index in [0.29, 0.717) is 19.5 Å².